The number of carbonyl (C=O) groups excluding carboxylic acids is 1. The molecule has 0 fully saturated rings. The molecule has 3 N–H and O–H groups in total. The average Bonchev–Trinajstić information content (AvgIpc) is 2.82. The Bertz CT molecular complexity index is 1200. The van der Waals surface area contributed by atoms with Gasteiger partial charge in [0.25, 0.3) is 5.91 Å². The number of pyridine rings is 2. The molecule has 0 aliphatic heterocycles. The molecule has 1 aromatic carbocycles. The maximum Gasteiger partial charge on any atom is 0.267 e. The summed E-state index contributed by atoms with van der Waals surface area (Å²) in [5.41, 5.74) is 7.90. The van der Waals surface area contributed by atoms with Crippen molar-refractivity contribution in [1.29, 1.82) is 10.5 Å². The van der Waals surface area contributed by atoms with E-state index in [4.69, 9.17) is 15.6 Å². The second-order valence-electron chi connectivity index (χ2n) is 6.52. The number of aliphatic hydroxyl groups is 1. The first-order valence-corrected chi connectivity index (χ1v) is 10.6. The molecule has 0 aliphatic carbocycles. The van der Waals surface area contributed by atoms with E-state index in [0.717, 1.165) is 5.56 Å². The quantitative estimate of drug-likeness (QED) is 0.478. The highest BCUT2D eigenvalue weighted by atomic mass is 32.2. The number of aryl methyl sites for hydroxylation is 1. The van der Waals surface area contributed by atoms with Gasteiger partial charge in [0.15, 0.2) is 0 Å². The zero-order chi connectivity index (χ0) is 22.9. The number of hydrogen-bond acceptors (Lipinski definition) is 8. The first-order chi connectivity index (χ1) is 15.6. The molecule has 0 saturated carbocycles. The molecule has 3 aromatic rings. The average molecular weight is 446 g/mol. The fraction of sp³-hybridized carbons (Fsp3) is 0.174. The lowest BCUT2D eigenvalue weighted by Gasteiger charge is -2.15. The highest BCUT2D eigenvalue weighted by Gasteiger charge is 2.22. The molecule has 0 bridgehead atoms. The van der Waals surface area contributed by atoms with Gasteiger partial charge in [-0.05, 0) is 29.7 Å². The van der Waals surface area contributed by atoms with Crippen molar-refractivity contribution >= 4 is 17.7 Å². The highest BCUT2D eigenvalue weighted by Crippen LogP contribution is 2.37. The van der Waals surface area contributed by atoms with E-state index in [9.17, 15) is 15.3 Å². The van der Waals surface area contributed by atoms with Gasteiger partial charge in [-0.2, -0.15) is 10.5 Å². The van der Waals surface area contributed by atoms with Crippen molar-refractivity contribution in [2.45, 2.75) is 11.4 Å². The van der Waals surface area contributed by atoms with E-state index < -0.39 is 5.91 Å². The normalized spacial score (nSPS) is 10.2. The minimum absolute atomic E-state index is 0.0289. The van der Waals surface area contributed by atoms with Crippen molar-refractivity contribution < 1.29 is 14.6 Å². The van der Waals surface area contributed by atoms with Gasteiger partial charge in [-0.3, -0.25) is 9.78 Å². The van der Waals surface area contributed by atoms with E-state index in [2.05, 4.69) is 22.1 Å². The molecule has 32 heavy (non-hydrogen) atoms. The first-order valence-electron chi connectivity index (χ1n) is 9.63. The summed E-state index contributed by atoms with van der Waals surface area (Å²) >= 11 is 1.33. The molecule has 0 aliphatic rings. The molecule has 9 heteroatoms. The lowest BCUT2D eigenvalue weighted by molar-refractivity contribution is 0.0995. The Morgan fingerprint density at radius 2 is 1.91 bits per heavy atom. The molecule has 0 radical (unpaired) electrons. The van der Waals surface area contributed by atoms with Crippen molar-refractivity contribution in [3.05, 3.63) is 71.0 Å². The lowest BCUT2D eigenvalue weighted by Crippen LogP contribution is -2.13. The fourth-order valence-electron chi connectivity index (χ4n) is 3.03. The van der Waals surface area contributed by atoms with Gasteiger partial charge >= 0.3 is 0 Å². The molecular formula is C23H19N5O3S. The van der Waals surface area contributed by atoms with Crippen molar-refractivity contribution in [2.24, 2.45) is 5.73 Å². The van der Waals surface area contributed by atoms with Crippen LogP contribution < -0.4 is 10.5 Å². The van der Waals surface area contributed by atoms with Crippen LogP contribution >= 0.6 is 11.8 Å². The number of benzene rings is 1. The molecular weight excluding hydrogens is 426 g/mol. The number of amides is 1. The number of thioether (sulfide) groups is 1. The molecule has 160 valence electrons. The van der Waals surface area contributed by atoms with Crippen LogP contribution in [0.15, 0.2) is 53.7 Å². The van der Waals surface area contributed by atoms with Gasteiger partial charge in [0.05, 0.1) is 12.2 Å². The number of rotatable bonds is 9. The van der Waals surface area contributed by atoms with Crippen LogP contribution in [0.4, 0.5) is 0 Å². The molecule has 8 nitrogen and oxygen atoms in total. The van der Waals surface area contributed by atoms with Crippen molar-refractivity contribution in [1.82, 2.24) is 9.97 Å². The molecule has 3 rings (SSSR count). The van der Waals surface area contributed by atoms with E-state index in [1.807, 2.05) is 30.3 Å². The van der Waals surface area contributed by atoms with Crippen LogP contribution in [0.5, 0.6) is 5.88 Å². The van der Waals surface area contributed by atoms with Crippen LogP contribution in [-0.2, 0) is 6.42 Å². The summed E-state index contributed by atoms with van der Waals surface area (Å²) in [6.45, 7) is -0.265. The Morgan fingerprint density at radius 3 is 2.56 bits per heavy atom. The number of primary amides is 1. The Hall–Kier alpha value is -3.92. The molecule has 0 spiro atoms. The van der Waals surface area contributed by atoms with Gasteiger partial charge in [0.1, 0.15) is 35.0 Å². The Labute approximate surface area is 189 Å². The molecule has 0 saturated heterocycles. The maximum atomic E-state index is 11.3. The van der Waals surface area contributed by atoms with Crippen molar-refractivity contribution in [3.63, 3.8) is 0 Å². The number of nitrogens with zero attached hydrogens (tertiary/aromatic N) is 4. The summed E-state index contributed by atoms with van der Waals surface area (Å²) in [5, 5.41) is 29.2. The van der Waals surface area contributed by atoms with Crippen LogP contribution in [-0.4, -0.2) is 39.9 Å². The number of nitriles is 2. The van der Waals surface area contributed by atoms with Crippen LogP contribution in [0.2, 0.25) is 0 Å². The Morgan fingerprint density at radius 1 is 1.16 bits per heavy atom. The third kappa shape index (κ3) is 5.22. The summed E-state index contributed by atoms with van der Waals surface area (Å²) in [4.78, 5) is 19.7. The summed E-state index contributed by atoms with van der Waals surface area (Å²) in [6.07, 6.45) is 2.10. The van der Waals surface area contributed by atoms with Gasteiger partial charge in [0, 0.05) is 17.5 Å². The topological polar surface area (TPSA) is 146 Å². The minimum atomic E-state index is -0.599. The monoisotopic (exact) mass is 445 g/mol. The lowest BCUT2D eigenvalue weighted by atomic mass is 9.97. The Kier molecular flexibility index (Phi) is 7.76. The first kappa shape index (κ1) is 22.8. The summed E-state index contributed by atoms with van der Waals surface area (Å²) < 4.78 is 5.52. The molecule has 1 amide bonds. The van der Waals surface area contributed by atoms with E-state index in [1.54, 1.807) is 12.1 Å². The number of carbonyl (C=O) groups is 1. The predicted octanol–water partition coefficient (Wildman–Crippen LogP) is 2.69. The van der Waals surface area contributed by atoms with Crippen LogP contribution in [0.25, 0.3) is 11.1 Å². The van der Waals surface area contributed by atoms with Gasteiger partial charge in [-0.15, -0.1) is 11.8 Å². The maximum absolute atomic E-state index is 11.3. The molecule has 2 heterocycles. The smallest absolute Gasteiger partial charge is 0.267 e. The number of aromatic nitrogens is 2. The van der Waals surface area contributed by atoms with Crippen LogP contribution in [0.3, 0.4) is 0 Å². The second-order valence-corrected chi connectivity index (χ2v) is 7.60. The second kappa shape index (κ2) is 10.9. The third-order valence-electron chi connectivity index (χ3n) is 4.45. The van der Waals surface area contributed by atoms with Gasteiger partial charge in [0.2, 0.25) is 5.88 Å². The largest absolute Gasteiger partial charge is 0.474 e. The fourth-order valence-corrected chi connectivity index (χ4v) is 4.00. The summed E-state index contributed by atoms with van der Waals surface area (Å²) in [6, 6.07) is 16.8. The summed E-state index contributed by atoms with van der Waals surface area (Å²) in [7, 11) is 0. The zero-order valence-corrected chi connectivity index (χ0v) is 17.8. The SMILES string of the molecule is N#Cc1c(OCCO)nc(SCCc2ccnc(C(N)=O)c2)c(C#N)c1-c1ccccc1. The van der Waals surface area contributed by atoms with Gasteiger partial charge < -0.3 is 15.6 Å². The number of hydrogen-bond donors (Lipinski definition) is 2. The van der Waals surface area contributed by atoms with E-state index in [1.165, 1.54) is 18.0 Å². The molecule has 0 atom stereocenters. The zero-order valence-electron chi connectivity index (χ0n) is 17.0. The number of ether oxygens (including phenoxy) is 1. The van der Waals surface area contributed by atoms with Crippen molar-refractivity contribution in [2.75, 3.05) is 19.0 Å². The predicted molar refractivity (Wildman–Crippen MR) is 119 cm³/mol. The number of aliphatic hydroxyl groups excluding tert-OH is 1. The van der Waals surface area contributed by atoms with Crippen molar-refractivity contribution in [3.8, 4) is 29.1 Å². The molecule has 2 aromatic heterocycles. The summed E-state index contributed by atoms with van der Waals surface area (Å²) in [5.74, 6) is 0.0174. The molecule has 0 unspecified atom stereocenters. The van der Waals surface area contributed by atoms with E-state index >= 15 is 0 Å². The standard InChI is InChI=1S/C23H19N5O3S/c24-13-17-20(16-4-2-1-3-5-16)18(14-25)23(28-22(17)31-10-9-29)32-11-7-15-6-8-27-19(12-15)21(26)30/h1-6,8,12,29H,7,9-11H2,(H2,26,30). The third-order valence-corrected chi connectivity index (χ3v) is 5.43. The van der Waals surface area contributed by atoms with Gasteiger partial charge in [-0.25, -0.2) is 4.98 Å². The van der Waals surface area contributed by atoms with Gasteiger partial charge in [-0.1, -0.05) is 30.3 Å². The minimum Gasteiger partial charge on any atom is -0.474 e. The van der Waals surface area contributed by atoms with Crippen LogP contribution in [0.1, 0.15) is 27.2 Å². The number of nitrogens with two attached hydrogens (primary N) is 1. The van der Waals surface area contributed by atoms with E-state index in [-0.39, 0.29) is 35.9 Å². The van der Waals surface area contributed by atoms with Crippen LogP contribution in [0, 0.1) is 22.7 Å². The van der Waals surface area contributed by atoms with E-state index in [0.29, 0.717) is 28.3 Å². The Balaban J connectivity index is 1.98. The highest BCUT2D eigenvalue weighted by molar-refractivity contribution is 7.99.